The lowest BCUT2D eigenvalue weighted by atomic mass is 10.2. The van der Waals surface area contributed by atoms with Crippen molar-refractivity contribution in [2.45, 2.75) is 33.6 Å². The average molecular weight is 437 g/mol. The molecule has 0 radical (unpaired) electrons. The van der Waals surface area contributed by atoms with E-state index in [1.165, 1.54) is 0 Å². The van der Waals surface area contributed by atoms with Crippen molar-refractivity contribution in [2.24, 2.45) is 0 Å². The molecular weight excluding hydrogens is 414 g/mol. The third kappa shape index (κ3) is 4.51. The SMILES string of the molecule is CCn1cc(C=O)c(OCc2ccc(OCc3nc(-c4ccco4)oc3C)c(OC)c2)n1. The van der Waals surface area contributed by atoms with Gasteiger partial charge in [0.05, 0.1) is 18.9 Å². The number of oxazole rings is 1. The number of nitrogens with zero attached hydrogens (tertiary/aromatic N) is 3. The van der Waals surface area contributed by atoms with E-state index in [9.17, 15) is 4.79 Å². The molecule has 0 saturated carbocycles. The van der Waals surface area contributed by atoms with E-state index in [1.54, 1.807) is 42.5 Å². The normalized spacial score (nSPS) is 10.8. The van der Waals surface area contributed by atoms with Gasteiger partial charge in [0, 0.05) is 12.7 Å². The van der Waals surface area contributed by atoms with E-state index in [2.05, 4.69) is 10.1 Å². The maximum absolute atomic E-state index is 11.2. The van der Waals surface area contributed by atoms with Crippen molar-refractivity contribution in [1.82, 2.24) is 14.8 Å². The topological polar surface area (TPSA) is 102 Å². The molecule has 0 aliphatic heterocycles. The molecule has 0 saturated heterocycles. The number of aldehydes is 1. The van der Waals surface area contributed by atoms with Gasteiger partial charge in [0.25, 0.3) is 5.89 Å². The van der Waals surface area contributed by atoms with Gasteiger partial charge < -0.3 is 23.0 Å². The lowest BCUT2D eigenvalue weighted by Gasteiger charge is -2.12. The minimum absolute atomic E-state index is 0.208. The van der Waals surface area contributed by atoms with Crippen molar-refractivity contribution in [2.75, 3.05) is 7.11 Å². The molecule has 0 atom stereocenters. The Labute approximate surface area is 184 Å². The Hall–Kier alpha value is -4.01. The van der Waals surface area contributed by atoms with Crippen LogP contribution in [-0.4, -0.2) is 28.2 Å². The van der Waals surface area contributed by atoms with Crippen molar-refractivity contribution in [3.8, 4) is 29.0 Å². The second-order valence-corrected chi connectivity index (χ2v) is 6.92. The van der Waals surface area contributed by atoms with E-state index in [4.69, 9.17) is 23.0 Å². The van der Waals surface area contributed by atoms with Crippen LogP contribution in [0.25, 0.3) is 11.7 Å². The Morgan fingerprint density at radius 2 is 2.03 bits per heavy atom. The van der Waals surface area contributed by atoms with E-state index in [1.807, 2.05) is 26.0 Å². The van der Waals surface area contributed by atoms with Gasteiger partial charge in [0.2, 0.25) is 5.88 Å². The van der Waals surface area contributed by atoms with Crippen LogP contribution in [0.1, 0.15) is 34.3 Å². The number of aromatic nitrogens is 3. The van der Waals surface area contributed by atoms with Gasteiger partial charge in [0.15, 0.2) is 23.5 Å². The molecule has 1 aromatic carbocycles. The fourth-order valence-corrected chi connectivity index (χ4v) is 3.06. The lowest BCUT2D eigenvalue weighted by molar-refractivity contribution is 0.111. The molecule has 4 aromatic rings. The van der Waals surface area contributed by atoms with E-state index in [0.717, 1.165) is 11.8 Å². The second kappa shape index (κ2) is 9.42. The Bertz CT molecular complexity index is 1190. The predicted octanol–water partition coefficient (Wildman–Crippen LogP) is 4.44. The van der Waals surface area contributed by atoms with Crippen LogP contribution in [0.2, 0.25) is 0 Å². The van der Waals surface area contributed by atoms with Crippen LogP contribution in [0.3, 0.4) is 0 Å². The van der Waals surface area contributed by atoms with Crippen LogP contribution in [0.15, 0.2) is 51.6 Å². The number of rotatable bonds is 10. The highest BCUT2D eigenvalue weighted by Gasteiger charge is 2.15. The van der Waals surface area contributed by atoms with Crippen LogP contribution in [0.5, 0.6) is 17.4 Å². The number of hydrogen-bond acceptors (Lipinski definition) is 8. The van der Waals surface area contributed by atoms with Gasteiger partial charge in [-0.3, -0.25) is 9.48 Å². The summed E-state index contributed by atoms with van der Waals surface area (Å²) in [5.74, 6) is 3.02. The van der Waals surface area contributed by atoms with E-state index in [0.29, 0.717) is 52.6 Å². The number of furan rings is 1. The molecule has 166 valence electrons. The fourth-order valence-electron chi connectivity index (χ4n) is 3.06. The molecule has 0 aliphatic carbocycles. The van der Waals surface area contributed by atoms with Crippen LogP contribution >= 0.6 is 0 Å². The minimum Gasteiger partial charge on any atom is -0.493 e. The molecule has 0 aliphatic rings. The molecule has 0 fully saturated rings. The molecular formula is C23H23N3O6. The van der Waals surface area contributed by atoms with Gasteiger partial charge >= 0.3 is 0 Å². The van der Waals surface area contributed by atoms with Crippen molar-refractivity contribution < 1.29 is 27.8 Å². The highest BCUT2D eigenvalue weighted by Crippen LogP contribution is 2.30. The van der Waals surface area contributed by atoms with E-state index >= 15 is 0 Å². The van der Waals surface area contributed by atoms with Crippen molar-refractivity contribution in [1.29, 1.82) is 0 Å². The molecule has 3 aromatic heterocycles. The molecule has 0 amide bonds. The summed E-state index contributed by atoms with van der Waals surface area (Å²) in [6.07, 6.45) is 3.95. The molecule has 9 nitrogen and oxygen atoms in total. The first-order valence-corrected chi connectivity index (χ1v) is 10.1. The largest absolute Gasteiger partial charge is 0.493 e. The minimum atomic E-state index is 0.208. The smallest absolute Gasteiger partial charge is 0.263 e. The van der Waals surface area contributed by atoms with Crippen molar-refractivity contribution >= 4 is 6.29 Å². The van der Waals surface area contributed by atoms with Crippen LogP contribution in [0.4, 0.5) is 0 Å². The lowest BCUT2D eigenvalue weighted by Crippen LogP contribution is -2.02. The monoisotopic (exact) mass is 437 g/mol. The van der Waals surface area contributed by atoms with Crippen LogP contribution < -0.4 is 14.2 Å². The number of hydrogen-bond donors (Lipinski definition) is 0. The molecule has 4 rings (SSSR count). The number of aryl methyl sites for hydroxylation is 2. The second-order valence-electron chi connectivity index (χ2n) is 6.92. The van der Waals surface area contributed by atoms with E-state index in [-0.39, 0.29) is 13.2 Å². The summed E-state index contributed by atoms with van der Waals surface area (Å²) in [5.41, 5.74) is 1.92. The predicted molar refractivity (Wildman–Crippen MR) is 114 cm³/mol. The Morgan fingerprint density at radius 1 is 1.16 bits per heavy atom. The number of methoxy groups -OCH3 is 1. The van der Waals surface area contributed by atoms with Gasteiger partial charge in [-0.2, -0.15) is 0 Å². The zero-order valence-corrected chi connectivity index (χ0v) is 18.0. The quantitative estimate of drug-likeness (QED) is 0.336. The summed E-state index contributed by atoms with van der Waals surface area (Å²) in [4.78, 5) is 15.7. The highest BCUT2D eigenvalue weighted by atomic mass is 16.5. The first kappa shape index (κ1) is 21.2. The van der Waals surface area contributed by atoms with Crippen LogP contribution in [-0.2, 0) is 19.8 Å². The number of carbonyl (C=O) groups excluding carboxylic acids is 1. The molecule has 0 bridgehead atoms. The first-order chi connectivity index (χ1) is 15.6. The van der Waals surface area contributed by atoms with Gasteiger partial charge in [-0.15, -0.1) is 5.10 Å². The summed E-state index contributed by atoms with van der Waals surface area (Å²) >= 11 is 0. The molecule has 9 heteroatoms. The average Bonchev–Trinajstić information content (AvgIpc) is 3.56. The number of ether oxygens (including phenoxy) is 3. The molecule has 0 spiro atoms. The number of benzene rings is 1. The Kier molecular flexibility index (Phi) is 6.25. The maximum atomic E-state index is 11.2. The first-order valence-electron chi connectivity index (χ1n) is 10.1. The summed E-state index contributed by atoms with van der Waals surface area (Å²) < 4.78 is 29.8. The van der Waals surface area contributed by atoms with Crippen molar-refractivity contribution in [3.63, 3.8) is 0 Å². The van der Waals surface area contributed by atoms with Gasteiger partial charge in [-0.25, -0.2) is 4.98 Å². The third-order valence-electron chi connectivity index (χ3n) is 4.80. The van der Waals surface area contributed by atoms with Gasteiger partial charge in [-0.05, 0) is 43.7 Å². The van der Waals surface area contributed by atoms with Crippen molar-refractivity contribution in [3.05, 3.63) is 65.4 Å². The molecule has 32 heavy (non-hydrogen) atoms. The molecule has 0 unspecified atom stereocenters. The summed E-state index contributed by atoms with van der Waals surface area (Å²) in [6, 6.07) is 9.03. The maximum Gasteiger partial charge on any atom is 0.263 e. The van der Waals surface area contributed by atoms with E-state index < -0.39 is 0 Å². The summed E-state index contributed by atoms with van der Waals surface area (Å²) in [6.45, 7) is 4.85. The fraction of sp³-hybridized carbons (Fsp3) is 0.261. The van der Waals surface area contributed by atoms with Gasteiger partial charge in [-0.1, -0.05) is 6.07 Å². The highest BCUT2D eigenvalue weighted by molar-refractivity contribution is 5.77. The zero-order chi connectivity index (χ0) is 22.5. The Morgan fingerprint density at radius 3 is 2.75 bits per heavy atom. The Balaban J connectivity index is 1.43. The summed E-state index contributed by atoms with van der Waals surface area (Å²) in [7, 11) is 1.57. The van der Waals surface area contributed by atoms with Gasteiger partial charge in [0.1, 0.15) is 24.7 Å². The number of carbonyl (C=O) groups is 1. The molecule has 0 N–H and O–H groups in total. The van der Waals surface area contributed by atoms with Crippen LogP contribution in [0, 0.1) is 6.92 Å². The third-order valence-corrected chi connectivity index (χ3v) is 4.80. The standard InChI is InChI=1S/C23H23N3O6/c1-4-26-11-17(12-27)22(25-26)31-13-16-7-8-19(21(10-16)28-3)30-14-18-15(2)32-23(24-18)20-6-5-9-29-20/h5-12H,4,13-14H2,1-3H3. The summed E-state index contributed by atoms with van der Waals surface area (Å²) in [5, 5.41) is 4.25. The zero-order valence-electron chi connectivity index (χ0n) is 18.0. The molecule has 3 heterocycles.